The lowest BCUT2D eigenvalue weighted by Gasteiger charge is -2.33. The van der Waals surface area contributed by atoms with Gasteiger partial charge in [0.15, 0.2) is 0 Å². The predicted molar refractivity (Wildman–Crippen MR) is 77.8 cm³/mol. The molecule has 1 fully saturated rings. The summed E-state index contributed by atoms with van der Waals surface area (Å²) in [6.45, 7) is 5.31. The van der Waals surface area contributed by atoms with E-state index in [1.54, 1.807) is 7.05 Å². The van der Waals surface area contributed by atoms with Crippen LogP contribution in [-0.4, -0.2) is 66.0 Å². The van der Waals surface area contributed by atoms with E-state index < -0.39 is 11.9 Å². The number of hydrogen-bond acceptors (Lipinski definition) is 3. The van der Waals surface area contributed by atoms with E-state index >= 15 is 0 Å². The molecule has 1 aliphatic heterocycles. The number of amides is 3. The van der Waals surface area contributed by atoms with Crippen molar-refractivity contribution in [3.05, 3.63) is 0 Å². The quantitative estimate of drug-likeness (QED) is 0.778. The summed E-state index contributed by atoms with van der Waals surface area (Å²) >= 11 is 0. The van der Waals surface area contributed by atoms with Gasteiger partial charge in [-0.05, 0) is 18.8 Å². The number of carboxylic acid groups (broad SMARTS) is 1. The summed E-state index contributed by atoms with van der Waals surface area (Å²) in [4.78, 5) is 37.8. The summed E-state index contributed by atoms with van der Waals surface area (Å²) in [7, 11) is 1.56. The van der Waals surface area contributed by atoms with Crippen LogP contribution in [-0.2, 0) is 9.59 Å². The Labute approximate surface area is 125 Å². The fourth-order valence-electron chi connectivity index (χ4n) is 2.25. The number of urea groups is 1. The number of nitrogens with one attached hydrogen (secondary N) is 1. The average Bonchev–Trinajstić information content (AvgIpc) is 2.44. The summed E-state index contributed by atoms with van der Waals surface area (Å²) in [5.41, 5.74) is 0. The van der Waals surface area contributed by atoms with Gasteiger partial charge in [-0.1, -0.05) is 13.8 Å². The minimum absolute atomic E-state index is 0.0141. The van der Waals surface area contributed by atoms with Crippen molar-refractivity contribution < 1.29 is 19.5 Å². The topological polar surface area (TPSA) is 90.0 Å². The van der Waals surface area contributed by atoms with Crippen molar-refractivity contribution >= 4 is 17.9 Å². The molecule has 7 nitrogen and oxygen atoms in total. The first-order chi connectivity index (χ1) is 9.81. The van der Waals surface area contributed by atoms with Crippen molar-refractivity contribution in [2.45, 2.75) is 26.7 Å². The van der Waals surface area contributed by atoms with Crippen molar-refractivity contribution in [1.82, 2.24) is 15.1 Å². The van der Waals surface area contributed by atoms with Crippen LogP contribution in [0.15, 0.2) is 0 Å². The van der Waals surface area contributed by atoms with Crippen LogP contribution in [0.4, 0.5) is 4.79 Å². The fraction of sp³-hybridized carbons (Fsp3) is 0.786. The van der Waals surface area contributed by atoms with E-state index in [0.717, 1.165) is 0 Å². The SMILES string of the molecule is CC(C)CNC(=O)CN(C)C(=O)N1CCCC(C(=O)O)C1. The molecule has 1 atom stereocenters. The van der Waals surface area contributed by atoms with Crippen LogP contribution in [0.25, 0.3) is 0 Å². The molecule has 1 heterocycles. The lowest BCUT2D eigenvalue weighted by molar-refractivity contribution is -0.143. The van der Waals surface area contributed by atoms with Gasteiger partial charge in [0.1, 0.15) is 6.54 Å². The molecule has 0 radical (unpaired) electrons. The molecule has 1 saturated heterocycles. The molecule has 120 valence electrons. The van der Waals surface area contributed by atoms with Crippen molar-refractivity contribution in [1.29, 1.82) is 0 Å². The molecule has 0 bridgehead atoms. The third-order valence-electron chi connectivity index (χ3n) is 3.46. The molecular formula is C14H25N3O4. The van der Waals surface area contributed by atoms with Crippen LogP contribution in [0.1, 0.15) is 26.7 Å². The van der Waals surface area contributed by atoms with Gasteiger partial charge in [-0.15, -0.1) is 0 Å². The standard InChI is InChI=1S/C14H25N3O4/c1-10(2)7-15-12(18)9-16(3)14(21)17-6-4-5-11(8-17)13(19)20/h10-11H,4-9H2,1-3H3,(H,15,18)(H,19,20). The smallest absolute Gasteiger partial charge is 0.320 e. The number of carbonyl (C=O) groups excluding carboxylic acids is 2. The van der Waals surface area contributed by atoms with Crippen LogP contribution in [0, 0.1) is 11.8 Å². The van der Waals surface area contributed by atoms with Crippen molar-refractivity contribution in [2.24, 2.45) is 11.8 Å². The van der Waals surface area contributed by atoms with Gasteiger partial charge in [0, 0.05) is 26.7 Å². The van der Waals surface area contributed by atoms with E-state index in [-0.39, 0.29) is 25.0 Å². The first-order valence-corrected chi connectivity index (χ1v) is 7.30. The molecular weight excluding hydrogens is 274 g/mol. The fourth-order valence-corrected chi connectivity index (χ4v) is 2.25. The number of rotatable bonds is 5. The van der Waals surface area contributed by atoms with Crippen molar-refractivity contribution in [3.63, 3.8) is 0 Å². The number of aliphatic carboxylic acids is 1. The second kappa shape index (κ2) is 7.85. The summed E-state index contributed by atoms with van der Waals surface area (Å²) < 4.78 is 0. The molecule has 21 heavy (non-hydrogen) atoms. The van der Waals surface area contributed by atoms with Crippen LogP contribution < -0.4 is 5.32 Å². The minimum atomic E-state index is -0.871. The van der Waals surface area contributed by atoms with E-state index in [1.807, 2.05) is 13.8 Å². The van der Waals surface area contributed by atoms with Gasteiger partial charge in [-0.25, -0.2) is 4.79 Å². The summed E-state index contributed by atoms with van der Waals surface area (Å²) in [6, 6.07) is -0.291. The maximum atomic E-state index is 12.2. The van der Waals surface area contributed by atoms with Gasteiger partial charge in [0.25, 0.3) is 0 Å². The Morgan fingerprint density at radius 3 is 2.62 bits per heavy atom. The Hall–Kier alpha value is -1.79. The number of carboxylic acids is 1. The second-order valence-corrected chi connectivity index (χ2v) is 5.96. The Morgan fingerprint density at radius 2 is 2.05 bits per heavy atom. The van der Waals surface area contributed by atoms with Gasteiger partial charge < -0.3 is 20.2 Å². The van der Waals surface area contributed by atoms with E-state index in [0.29, 0.717) is 31.8 Å². The third kappa shape index (κ3) is 5.61. The molecule has 1 unspecified atom stereocenters. The zero-order chi connectivity index (χ0) is 16.0. The molecule has 2 N–H and O–H groups in total. The average molecular weight is 299 g/mol. The van der Waals surface area contributed by atoms with Crippen molar-refractivity contribution in [2.75, 3.05) is 33.2 Å². The number of likely N-dealkylation sites (N-methyl/N-ethyl adjacent to an activating group) is 1. The van der Waals surface area contributed by atoms with Gasteiger partial charge in [-0.2, -0.15) is 0 Å². The molecule has 0 saturated carbocycles. The van der Waals surface area contributed by atoms with Crippen LogP contribution >= 0.6 is 0 Å². The molecule has 0 spiro atoms. The number of carbonyl (C=O) groups is 3. The Balaban J connectivity index is 2.46. The highest BCUT2D eigenvalue weighted by atomic mass is 16.4. The summed E-state index contributed by atoms with van der Waals surface area (Å²) in [5, 5.41) is 11.8. The third-order valence-corrected chi connectivity index (χ3v) is 3.46. The first-order valence-electron chi connectivity index (χ1n) is 7.30. The Bertz CT molecular complexity index is 398. The molecule has 0 aromatic heterocycles. The maximum absolute atomic E-state index is 12.2. The van der Waals surface area contributed by atoms with Gasteiger partial charge in [0.05, 0.1) is 5.92 Å². The molecule has 0 aromatic carbocycles. The van der Waals surface area contributed by atoms with E-state index in [2.05, 4.69) is 5.32 Å². The molecule has 3 amide bonds. The number of nitrogens with zero attached hydrogens (tertiary/aromatic N) is 2. The molecule has 0 aliphatic carbocycles. The number of likely N-dealkylation sites (tertiary alicyclic amines) is 1. The highest BCUT2D eigenvalue weighted by Crippen LogP contribution is 2.17. The Kier molecular flexibility index (Phi) is 6.45. The van der Waals surface area contributed by atoms with E-state index in [4.69, 9.17) is 5.11 Å². The largest absolute Gasteiger partial charge is 0.481 e. The lowest BCUT2D eigenvalue weighted by Crippen LogP contribution is -2.50. The molecule has 1 rings (SSSR count). The molecule has 1 aliphatic rings. The zero-order valence-corrected chi connectivity index (χ0v) is 13.0. The van der Waals surface area contributed by atoms with Gasteiger partial charge in [-0.3, -0.25) is 9.59 Å². The second-order valence-electron chi connectivity index (χ2n) is 5.96. The molecule has 7 heteroatoms. The van der Waals surface area contributed by atoms with Gasteiger partial charge >= 0.3 is 12.0 Å². The van der Waals surface area contributed by atoms with E-state index in [1.165, 1.54) is 9.80 Å². The number of piperidine rings is 1. The summed E-state index contributed by atoms with van der Waals surface area (Å²) in [6.07, 6.45) is 1.27. The van der Waals surface area contributed by atoms with Crippen LogP contribution in [0.2, 0.25) is 0 Å². The Morgan fingerprint density at radius 1 is 1.38 bits per heavy atom. The monoisotopic (exact) mass is 299 g/mol. The first kappa shape index (κ1) is 17.3. The van der Waals surface area contributed by atoms with Crippen molar-refractivity contribution in [3.8, 4) is 0 Å². The lowest BCUT2D eigenvalue weighted by atomic mass is 9.99. The minimum Gasteiger partial charge on any atom is -0.481 e. The highest BCUT2D eigenvalue weighted by molar-refractivity contribution is 5.84. The van der Waals surface area contributed by atoms with E-state index in [9.17, 15) is 14.4 Å². The summed E-state index contributed by atoms with van der Waals surface area (Å²) in [5.74, 6) is -1.23. The zero-order valence-electron chi connectivity index (χ0n) is 13.0. The highest BCUT2D eigenvalue weighted by Gasteiger charge is 2.29. The number of hydrogen-bond donors (Lipinski definition) is 2. The predicted octanol–water partition coefficient (Wildman–Crippen LogP) is 0.607. The normalized spacial score (nSPS) is 18.5. The van der Waals surface area contributed by atoms with Crippen LogP contribution in [0.3, 0.4) is 0 Å². The molecule has 0 aromatic rings. The van der Waals surface area contributed by atoms with Gasteiger partial charge in [0.2, 0.25) is 5.91 Å². The van der Waals surface area contributed by atoms with Crippen LogP contribution in [0.5, 0.6) is 0 Å². The maximum Gasteiger partial charge on any atom is 0.320 e.